The third kappa shape index (κ3) is 4.29. The summed E-state index contributed by atoms with van der Waals surface area (Å²) in [6, 6.07) is 9.01. The van der Waals surface area contributed by atoms with Crippen molar-refractivity contribution >= 4 is 12.2 Å². The fraction of sp³-hybridized carbons (Fsp3) is 0.471. The normalized spacial score (nSPS) is 20.0. The Labute approximate surface area is 129 Å². The van der Waals surface area contributed by atoms with E-state index in [1.807, 2.05) is 6.07 Å². The summed E-state index contributed by atoms with van der Waals surface area (Å²) >= 11 is 0. The largest absolute Gasteiger partial charge is 0.444 e. The quantitative estimate of drug-likeness (QED) is 0.772. The average Bonchev–Trinajstić information content (AvgIpc) is 2.40. The molecule has 0 saturated carbocycles. The van der Waals surface area contributed by atoms with Crippen LogP contribution >= 0.6 is 0 Å². The molecule has 0 aromatic heterocycles. The molecule has 1 aliphatic heterocycles. The second-order valence-corrected chi connectivity index (χ2v) is 6.44. The van der Waals surface area contributed by atoms with Gasteiger partial charge in [-0.2, -0.15) is 8.78 Å². The number of alkyl halides is 2. The molecule has 3 nitrogen and oxygen atoms in total. The van der Waals surface area contributed by atoms with E-state index in [2.05, 4.69) is 0 Å². The standard InChI is InChI=1S/C17H21F2NO2/c1-16(2,3)22-15(21)20-10-9-14(17(18,19)12-20)11-13-7-5-4-6-8-13/h4-8,11H,9-10,12H2,1-3H3. The Morgan fingerprint density at radius 2 is 1.91 bits per heavy atom. The number of carbonyl (C=O) groups excluding carboxylic acids is 1. The fourth-order valence-electron chi connectivity index (χ4n) is 2.27. The van der Waals surface area contributed by atoms with Crippen LogP contribution < -0.4 is 0 Å². The third-order valence-electron chi connectivity index (χ3n) is 3.30. The summed E-state index contributed by atoms with van der Waals surface area (Å²) in [5.41, 5.74) is 0.105. The third-order valence-corrected chi connectivity index (χ3v) is 3.30. The van der Waals surface area contributed by atoms with Gasteiger partial charge in [-0.3, -0.25) is 0 Å². The van der Waals surface area contributed by atoms with E-state index in [1.54, 1.807) is 45.0 Å². The topological polar surface area (TPSA) is 29.5 Å². The maximum atomic E-state index is 14.3. The van der Waals surface area contributed by atoms with Crippen LogP contribution in [0.5, 0.6) is 0 Å². The van der Waals surface area contributed by atoms with E-state index < -0.39 is 24.2 Å². The van der Waals surface area contributed by atoms with E-state index in [0.29, 0.717) is 0 Å². The lowest BCUT2D eigenvalue weighted by atomic mass is 9.97. The van der Waals surface area contributed by atoms with Crippen LogP contribution in [-0.2, 0) is 4.74 Å². The summed E-state index contributed by atoms with van der Waals surface area (Å²) in [7, 11) is 0. The van der Waals surface area contributed by atoms with Crippen molar-refractivity contribution in [2.45, 2.75) is 38.7 Å². The molecule has 0 aliphatic carbocycles. The number of halogens is 2. The second-order valence-electron chi connectivity index (χ2n) is 6.44. The summed E-state index contributed by atoms with van der Waals surface area (Å²) in [4.78, 5) is 13.0. The van der Waals surface area contributed by atoms with Crippen molar-refractivity contribution in [3.8, 4) is 0 Å². The first-order chi connectivity index (χ1) is 10.2. The van der Waals surface area contributed by atoms with E-state index in [4.69, 9.17) is 4.74 Å². The Bertz CT molecular complexity index is 562. The maximum absolute atomic E-state index is 14.3. The lowest BCUT2D eigenvalue weighted by Crippen LogP contribution is -2.48. The molecule has 5 heteroatoms. The highest BCUT2D eigenvalue weighted by Gasteiger charge is 2.42. The van der Waals surface area contributed by atoms with Gasteiger partial charge >= 0.3 is 6.09 Å². The summed E-state index contributed by atoms with van der Waals surface area (Å²) in [5.74, 6) is -3.04. The molecule has 2 rings (SSSR count). The van der Waals surface area contributed by atoms with Crippen LogP contribution in [0.1, 0.15) is 32.8 Å². The van der Waals surface area contributed by atoms with Crippen molar-refractivity contribution in [2.24, 2.45) is 0 Å². The van der Waals surface area contributed by atoms with Gasteiger partial charge < -0.3 is 9.64 Å². The van der Waals surface area contributed by atoms with Crippen LogP contribution in [0.25, 0.3) is 6.08 Å². The van der Waals surface area contributed by atoms with Crippen LogP contribution in [0.3, 0.4) is 0 Å². The Hall–Kier alpha value is -1.91. The zero-order valence-corrected chi connectivity index (χ0v) is 13.1. The number of hydrogen-bond acceptors (Lipinski definition) is 2. The number of amides is 1. The number of hydrogen-bond donors (Lipinski definition) is 0. The Balaban J connectivity index is 2.10. The van der Waals surface area contributed by atoms with Crippen LogP contribution in [0.15, 0.2) is 35.9 Å². The maximum Gasteiger partial charge on any atom is 0.410 e. The van der Waals surface area contributed by atoms with Gasteiger partial charge in [-0.05, 0) is 38.8 Å². The Kier molecular flexibility index (Phi) is 4.54. The predicted molar refractivity (Wildman–Crippen MR) is 81.8 cm³/mol. The van der Waals surface area contributed by atoms with Crippen LogP contribution in [0.2, 0.25) is 0 Å². The van der Waals surface area contributed by atoms with E-state index in [9.17, 15) is 13.6 Å². The minimum atomic E-state index is -3.04. The second kappa shape index (κ2) is 6.07. The number of carbonyl (C=O) groups is 1. The molecule has 1 aromatic carbocycles. The number of piperidine rings is 1. The molecule has 1 aliphatic rings. The number of ether oxygens (including phenoxy) is 1. The van der Waals surface area contributed by atoms with Gasteiger partial charge in [0, 0.05) is 12.1 Å². The number of rotatable bonds is 1. The molecule has 1 saturated heterocycles. The highest BCUT2D eigenvalue weighted by atomic mass is 19.3. The molecule has 1 amide bonds. The van der Waals surface area contributed by atoms with Gasteiger partial charge in [0.25, 0.3) is 5.92 Å². The summed E-state index contributed by atoms with van der Waals surface area (Å²) in [6.45, 7) is 4.75. The first-order valence-electron chi connectivity index (χ1n) is 7.29. The molecule has 1 aromatic rings. The lowest BCUT2D eigenvalue weighted by Gasteiger charge is -2.35. The number of nitrogens with zero attached hydrogens (tertiary/aromatic N) is 1. The van der Waals surface area contributed by atoms with Gasteiger partial charge in [-0.15, -0.1) is 0 Å². The average molecular weight is 309 g/mol. The SMILES string of the molecule is CC(C)(C)OC(=O)N1CCC(=Cc2ccccc2)C(F)(F)C1. The first kappa shape index (κ1) is 16.5. The van der Waals surface area contributed by atoms with Crippen molar-refractivity contribution in [1.82, 2.24) is 4.90 Å². The number of benzene rings is 1. The molecular weight excluding hydrogens is 288 g/mol. The molecule has 1 fully saturated rings. The van der Waals surface area contributed by atoms with Crippen molar-refractivity contribution < 1.29 is 18.3 Å². The smallest absolute Gasteiger partial charge is 0.410 e. The molecule has 0 atom stereocenters. The van der Waals surface area contributed by atoms with Gasteiger partial charge in [0.2, 0.25) is 0 Å². The monoisotopic (exact) mass is 309 g/mol. The van der Waals surface area contributed by atoms with Gasteiger partial charge in [0.15, 0.2) is 0 Å². The molecule has 1 heterocycles. The first-order valence-corrected chi connectivity index (χ1v) is 7.29. The molecule has 0 radical (unpaired) electrons. The van der Waals surface area contributed by atoms with Gasteiger partial charge in [-0.1, -0.05) is 30.3 Å². The van der Waals surface area contributed by atoms with Gasteiger partial charge in [0.1, 0.15) is 5.60 Å². The van der Waals surface area contributed by atoms with Crippen molar-refractivity contribution in [2.75, 3.05) is 13.1 Å². The molecule has 0 spiro atoms. The zero-order valence-electron chi connectivity index (χ0n) is 13.1. The van der Waals surface area contributed by atoms with Crippen LogP contribution in [0, 0.1) is 0 Å². The van der Waals surface area contributed by atoms with E-state index >= 15 is 0 Å². The number of likely N-dealkylation sites (tertiary alicyclic amines) is 1. The van der Waals surface area contributed by atoms with Crippen LogP contribution in [0.4, 0.5) is 13.6 Å². The highest BCUT2D eigenvalue weighted by molar-refractivity contribution is 5.69. The highest BCUT2D eigenvalue weighted by Crippen LogP contribution is 2.34. The van der Waals surface area contributed by atoms with E-state index in [0.717, 1.165) is 10.5 Å². The Morgan fingerprint density at radius 1 is 1.27 bits per heavy atom. The molecule has 0 unspecified atom stereocenters. The fourth-order valence-corrected chi connectivity index (χ4v) is 2.27. The van der Waals surface area contributed by atoms with Gasteiger partial charge in [0.05, 0.1) is 6.54 Å². The van der Waals surface area contributed by atoms with Crippen molar-refractivity contribution in [3.63, 3.8) is 0 Å². The molecular formula is C17H21F2NO2. The minimum absolute atomic E-state index is 0.0542. The van der Waals surface area contributed by atoms with Crippen molar-refractivity contribution in [3.05, 3.63) is 41.5 Å². The molecule has 22 heavy (non-hydrogen) atoms. The van der Waals surface area contributed by atoms with Crippen LogP contribution in [-0.4, -0.2) is 35.6 Å². The zero-order chi connectivity index (χ0) is 16.4. The molecule has 0 N–H and O–H groups in total. The van der Waals surface area contributed by atoms with Gasteiger partial charge in [-0.25, -0.2) is 4.79 Å². The predicted octanol–water partition coefficient (Wildman–Crippen LogP) is 4.35. The summed E-state index contributed by atoms with van der Waals surface area (Å²) in [5, 5.41) is 0. The molecule has 0 bridgehead atoms. The minimum Gasteiger partial charge on any atom is -0.444 e. The van der Waals surface area contributed by atoms with E-state index in [1.165, 1.54) is 6.08 Å². The lowest BCUT2D eigenvalue weighted by molar-refractivity contribution is -0.0338. The Morgan fingerprint density at radius 3 is 2.45 bits per heavy atom. The van der Waals surface area contributed by atoms with Crippen molar-refractivity contribution in [1.29, 1.82) is 0 Å². The summed E-state index contributed by atoms with van der Waals surface area (Å²) < 4.78 is 33.7. The molecule has 120 valence electrons. The van der Waals surface area contributed by atoms with E-state index in [-0.39, 0.29) is 18.5 Å². The summed E-state index contributed by atoms with van der Waals surface area (Å²) in [6.07, 6.45) is 0.957.